The van der Waals surface area contributed by atoms with E-state index >= 15 is 0 Å². The van der Waals surface area contributed by atoms with Crippen LogP contribution < -0.4 is 15.4 Å². The van der Waals surface area contributed by atoms with Gasteiger partial charge in [0, 0.05) is 31.0 Å². The molecule has 1 unspecified atom stereocenters. The van der Waals surface area contributed by atoms with Gasteiger partial charge < -0.3 is 10.1 Å². The number of nitrogens with one attached hydrogen (secondary N) is 2. The summed E-state index contributed by atoms with van der Waals surface area (Å²) < 4.78 is 6.14. The lowest BCUT2D eigenvalue weighted by Crippen LogP contribution is -2.60. The second-order valence-corrected chi connectivity index (χ2v) is 9.77. The molecule has 1 spiro atoms. The molecule has 3 saturated heterocycles. The zero-order valence-corrected chi connectivity index (χ0v) is 17.8. The minimum Gasteiger partial charge on any atom is -0.493 e. The predicted molar refractivity (Wildman–Crippen MR) is 112 cm³/mol. The Morgan fingerprint density at radius 2 is 1.72 bits per heavy atom. The maximum atomic E-state index is 13.1. The maximum absolute atomic E-state index is 13.1. The third-order valence-corrected chi connectivity index (χ3v) is 7.86. The van der Waals surface area contributed by atoms with Crippen molar-refractivity contribution in [3.05, 3.63) is 28.8 Å². The van der Waals surface area contributed by atoms with Crippen LogP contribution in [0.1, 0.15) is 52.0 Å². The molecule has 5 aliphatic rings. The first kappa shape index (κ1) is 19.9. The molecule has 0 aromatic heterocycles. The summed E-state index contributed by atoms with van der Waals surface area (Å²) in [7, 11) is 0. The minimum absolute atomic E-state index is 0.0594. The highest BCUT2D eigenvalue weighted by molar-refractivity contribution is 6.23. The highest BCUT2D eigenvalue weighted by atomic mass is 16.5. The highest BCUT2D eigenvalue weighted by Crippen LogP contribution is 2.44. The van der Waals surface area contributed by atoms with Crippen LogP contribution in [0.3, 0.4) is 0 Å². The third-order valence-electron chi connectivity index (χ3n) is 7.86. The molecule has 2 N–H and O–H groups in total. The molecule has 4 amide bonds. The largest absolute Gasteiger partial charge is 0.493 e. The topological polar surface area (TPSA) is 108 Å². The number of carbonyl (C=O) groups excluding carboxylic acids is 4. The van der Waals surface area contributed by atoms with Crippen LogP contribution in [-0.4, -0.2) is 78.3 Å². The quantitative estimate of drug-likeness (QED) is 0.630. The average Bonchev–Trinajstić information content (AvgIpc) is 2.97. The Kier molecular flexibility index (Phi) is 4.42. The van der Waals surface area contributed by atoms with Crippen molar-refractivity contribution in [3.8, 4) is 5.75 Å². The molecule has 0 bridgehead atoms. The fourth-order valence-corrected chi connectivity index (χ4v) is 5.72. The SMILES string of the molecule is O=C1CCC(N2C(=O)c3cc4c(cc3C2=O)OCC2(CCN(C3CNC3)CC2)C4)C(=O)N1. The molecule has 3 fully saturated rings. The van der Waals surface area contributed by atoms with E-state index in [1.54, 1.807) is 12.1 Å². The fraction of sp³-hybridized carbons (Fsp3) is 0.565. The van der Waals surface area contributed by atoms with Gasteiger partial charge in [-0.15, -0.1) is 0 Å². The van der Waals surface area contributed by atoms with Crippen molar-refractivity contribution < 1.29 is 23.9 Å². The summed E-state index contributed by atoms with van der Waals surface area (Å²) in [6.45, 7) is 4.86. The molecule has 9 nitrogen and oxygen atoms in total. The van der Waals surface area contributed by atoms with E-state index in [4.69, 9.17) is 4.74 Å². The third kappa shape index (κ3) is 2.98. The van der Waals surface area contributed by atoms with Crippen LogP contribution >= 0.6 is 0 Å². The zero-order valence-electron chi connectivity index (χ0n) is 17.8. The van der Waals surface area contributed by atoms with Crippen LogP contribution in [0.15, 0.2) is 12.1 Å². The Balaban J connectivity index is 1.23. The summed E-state index contributed by atoms with van der Waals surface area (Å²) in [5.74, 6) is -1.27. The van der Waals surface area contributed by atoms with Crippen LogP contribution in [0.25, 0.3) is 0 Å². The molecule has 6 rings (SSSR count). The van der Waals surface area contributed by atoms with E-state index in [1.807, 2.05) is 0 Å². The van der Waals surface area contributed by atoms with Crippen molar-refractivity contribution >= 4 is 23.6 Å². The lowest BCUT2D eigenvalue weighted by Gasteiger charge is -2.48. The van der Waals surface area contributed by atoms with E-state index < -0.39 is 23.8 Å². The van der Waals surface area contributed by atoms with Crippen LogP contribution in [0.4, 0.5) is 0 Å². The molecule has 32 heavy (non-hydrogen) atoms. The smallest absolute Gasteiger partial charge is 0.262 e. The van der Waals surface area contributed by atoms with Gasteiger partial charge in [0.05, 0.1) is 17.7 Å². The van der Waals surface area contributed by atoms with Crippen LogP contribution in [0.2, 0.25) is 0 Å². The van der Waals surface area contributed by atoms with Gasteiger partial charge in [-0.1, -0.05) is 0 Å². The van der Waals surface area contributed by atoms with E-state index in [2.05, 4.69) is 15.5 Å². The number of likely N-dealkylation sites (tertiary alicyclic amines) is 1. The Labute approximate surface area is 185 Å². The molecule has 0 saturated carbocycles. The molecule has 5 aliphatic heterocycles. The molecule has 0 aliphatic carbocycles. The number of hydrogen-bond acceptors (Lipinski definition) is 7. The van der Waals surface area contributed by atoms with Gasteiger partial charge in [-0.05, 0) is 56.5 Å². The number of fused-ring (bicyclic) bond motifs is 2. The Bertz CT molecular complexity index is 1040. The van der Waals surface area contributed by atoms with Crippen molar-refractivity contribution in [2.24, 2.45) is 5.41 Å². The highest BCUT2D eigenvalue weighted by Gasteiger charge is 2.47. The average molecular weight is 438 g/mol. The summed E-state index contributed by atoms with van der Waals surface area (Å²) in [5.41, 5.74) is 1.63. The summed E-state index contributed by atoms with van der Waals surface area (Å²) in [5, 5.41) is 5.57. The summed E-state index contributed by atoms with van der Waals surface area (Å²) >= 11 is 0. The first-order valence-corrected chi connectivity index (χ1v) is 11.4. The molecule has 1 atom stereocenters. The molecule has 1 aromatic carbocycles. The molecule has 1 aromatic rings. The minimum atomic E-state index is -0.949. The summed E-state index contributed by atoms with van der Waals surface area (Å²) in [6.07, 6.45) is 3.19. The van der Waals surface area contributed by atoms with Gasteiger partial charge >= 0.3 is 0 Å². The number of rotatable bonds is 2. The number of nitrogens with zero attached hydrogens (tertiary/aromatic N) is 2. The first-order chi connectivity index (χ1) is 15.4. The lowest BCUT2D eigenvalue weighted by molar-refractivity contribution is -0.136. The molecule has 0 radical (unpaired) electrons. The number of hydrogen-bond donors (Lipinski definition) is 2. The van der Waals surface area contributed by atoms with Crippen molar-refractivity contribution in [2.75, 3.05) is 32.8 Å². The van der Waals surface area contributed by atoms with Crippen LogP contribution in [0.5, 0.6) is 5.75 Å². The number of carbonyl (C=O) groups is 4. The second-order valence-electron chi connectivity index (χ2n) is 9.77. The van der Waals surface area contributed by atoms with Crippen LogP contribution in [0, 0.1) is 5.41 Å². The number of piperidine rings is 2. The van der Waals surface area contributed by atoms with Gasteiger partial charge in [-0.3, -0.25) is 34.3 Å². The van der Waals surface area contributed by atoms with E-state index in [1.165, 1.54) is 0 Å². The lowest BCUT2D eigenvalue weighted by atomic mass is 9.72. The van der Waals surface area contributed by atoms with E-state index in [0.717, 1.165) is 55.9 Å². The van der Waals surface area contributed by atoms with E-state index in [9.17, 15) is 19.2 Å². The number of imide groups is 2. The molecular weight excluding hydrogens is 412 g/mol. The molecule has 168 valence electrons. The van der Waals surface area contributed by atoms with Gasteiger partial charge in [0.25, 0.3) is 11.8 Å². The Hall–Kier alpha value is -2.78. The van der Waals surface area contributed by atoms with E-state index in [-0.39, 0.29) is 29.7 Å². The Morgan fingerprint density at radius 3 is 2.38 bits per heavy atom. The number of ether oxygens (including phenoxy) is 1. The molecule has 9 heteroatoms. The second kappa shape index (κ2) is 7.11. The Morgan fingerprint density at radius 1 is 1.00 bits per heavy atom. The van der Waals surface area contributed by atoms with Gasteiger partial charge in [-0.2, -0.15) is 0 Å². The first-order valence-electron chi connectivity index (χ1n) is 11.4. The van der Waals surface area contributed by atoms with Gasteiger partial charge in [0.1, 0.15) is 11.8 Å². The zero-order chi connectivity index (χ0) is 22.0. The van der Waals surface area contributed by atoms with Crippen molar-refractivity contribution in [3.63, 3.8) is 0 Å². The van der Waals surface area contributed by atoms with E-state index in [0.29, 0.717) is 24.0 Å². The standard InChI is InChI=1S/C23H26N4O5/c28-19-2-1-17(20(29)25-19)27-21(30)15-7-13-9-23(12-32-18(13)8-16(15)22(27)31)3-5-26(6-4-23)14-10-24-11-14/h7-8,14,17,24H,1-6,9-12H2,(H,25,28,29). The van der Waals surface area contributed by atoms with Gasteiger partial charge in [0.15, 0.2) is 0 Å². The monoisotopic (exact) mass is 438 g/mol. The summed E-state index contributed by atoms with van der Waals surface area (Å²) in [6, 6.07) is 3.16. The fourth-order valence-electron chi connectivity index (χ4n) is 5.72. The van der Waals surface area contributed by atoms with Gasteiger partial charge in [-0.25, -0.2) is 0 Å². The van der Waals surface area contributed by atoms with Crippen molar-refractivity contribution in [2.45, 2.75) is 44.2 Å². The van der Waals surface area contributed by atoms with Crippen molar-refractivity contribution in [1.82, 2.24) is 20.4 Å². The van der Waals surface area contributed by atoms with Crippen molar-refractivity contribution in [1.29, 1.82) is 0 Å². The molecule has 5 heterocycles. The maximum Gasteiger partial charge on any atom is 0.262 e. The number of benzene rings is 1. The summed E-state index contributed by atoms with van der Waals surface area (Å²) in [4.78, 5) is 53.5. The normalized spacial score (nSPS) is 27.6. The molecular formula is C23H26N4O5. The number of amides is 4. The van der Waals surface area contributed by atoms with Gasteiger partial charge in [0.2, 0.25) is 11.8 Å². The predicted octanol–water partition coefficient (Wildman–Crippen LogP) is 0.0767. The van der Waals surface area contributed by atoms with Crippen LogP contribution in [-0.2, 0) is 16.0 Å².